The summed E-state index contributed by atoms with van der Waals surface area (Å²) in [7, 11) is 0. The van der Waals surface area contributed by atoms with Crippen molar-refractivity contribution in [2.45, 2.75) is 39.5 Å². The first-order chi connectivity index (χ1) is 8.72. The molecule has 106 valence electrons. The van der Waals surface area contributed by atoms with Gasteiger partial charge in [0.1, 0.15) is 0 Å². The van der Waals surface area contributed by atoms with Crippen LogP contribution in [0.15, 0.2) is 0 Å². The zero-order chi connectivity index (χ0) is 13.4. The van der Waals surface area contributed by atoms with Crippen molar-refractivity contribution in [2.24, 2.45) is 5.92 Å². The number of nitrogens with zero attached hydrogens (tertiary/aromatic N) is 2. The summed E-state index contributed by atoms with van der Waals surface area (Å²) >= 11 is 5.74. The standard InChI is InChI=1S/C14H27ClN2O/c1-3-5-13(6-4-2)14(18)17-11-9-16(8-7-15)10-12-17/h13H,3-12H2,1-2H3. The Morgan fingerprint density at radius 3 is 2.11 bits per heavy atom. The van der Waals surface area contributed by atoms with E-state index in [4.69, 9.17) is 11.6 Å². The molecule has 0 N–H and O–H groups in total. The van der Waals surface area contributed by atoms with Crippen molar-refractivity contribution in [1.82, 2.24) is 9.80 Å². The van der Waals surface area contributed by atoms with Crippen molar-refractivity contribution >= 4 is 17.5 Å². The van der Waals surface area contributed by atoms with Crippen LogP contribution in [0.5, 0.6) is 0 Å². The highest BCUT2D eigenvalue weighted by atomic mass is 35.5. The maximum absolute atomic E-state index is 12.4. The van der Waals surface area contributed by atoms with Gasteiger partial charge in [0.2, 0.25) is 5.91 Å². The van der Waals surface area contributed by atoms with Crippen LogP contribution in [-0.2, 0) is 4.79 Å². The summed E-state index contributed by atoms with van der Waals surface area (Å²) in [5.74, 6) is 1.31. The second-order valence-corrected chi connectivity index (χ2v) is 5.51. The third-order valence-electron chi connectivity index (χ3n) is 3.71. The number of carbonyl (C=O) groups excluding carboxylic acids is 1. The Hall–Kier alpha value is -0.280. The van der Waals surface area contributed by atoms with Crippen molar-refractivity contribution in [3.05, 3.63) is 0 Å². The largest absolute Gasteiger partial charge is 0.340 e. The quantitative estimate of drug-likeness (QED) is 0.666. The first-order valence-corrected chi connectivity index (χ1v) is 7.83. The number of alkyl halides is 1. The van der Waals surface area contributed by atoms with Gasteiger partial charge in [-0.1, -0.05) is 26.7 Å². The molecule has 1 aliphatic heterocycles. The van der Waals surface area contributed by atoms with E-state index < -0.39 is 0 Å². The van der Waals surface area contributed by atoms with Gasteiger partial charge < -0.3 is 4.90 Å². The van der Waals surface area contributed by atoms with E-state index in [2.05, 4.69) is 23.6 Å². The van der Waals surface area contributed by atoms with Crippen molar-refractivity contribution in [2.75, 3.05) is 38.6 Å². The predicted octanol–water partition coefficient (Wildman–Crippen LogP) is 2.59. The number of rotatable bonds is 7. The molecular formula is C14H27ClN2O. The van der Waals surface area contributed by atoms with Crippen LogP contribution in [0.25, 0.3) is 0 Å². The maximum Gasteiger partial charge on any atom is 0.225 e. The lowest BCUT2D eigenvalue weighted by atomic mass is 9.96. The summed E-state index contributed by atoms with van der Waals surface area (Å²) in [6.07, 6.45) is 4.27. The molecule has 0 bridgehead atoms. The first-order valence-electron chi connectivity index (χ1n) is 7.30. The van der Waals surface area contributed by atoms with Gasteiger partial charge in [-0.15, -0.1) is 11.6 Å². The average molecular weight is 275 g/mol. The van der Waals surface area contributed by atoms with E-state index in [0.29, 0.717) is 11.8 Å². The van der Waals surface area contributed by atoms with Crippen molar-refractivity contribution in [3.8, 4) is 0 Å². The second-order valence-electron chi connectivity index (χ2n) is 5.13. The monoisotopic (exact) mass is 274 g/mol. The van der Waals surface area contributed by atoms with Crippen molar-refractivity contribution in [1.29, 1.82) is 0 Å². The molecule has 1 saturated heterocycles. The number of carbonyl (C=O) groups is 1. The smallest absolute Gasteiger partial charge is 0.225 e. The molecule has 0 aromatic heterocycles. The summed E-state index contributed by atoms with van der Waals surface area (Å²) in [5, 5.41) is 0. The summed E-state index contributed by atoms with van der Waals surface area (Å²) in [5.41, 5.74) is 0. The normalized spacial score (nSPS) is 17.4. The molecule has 1 aliphatic rings. The van der Waals surface area contributed by atoms with Crippen LogP contribution in [0, 0.1) is 5.92 Å². The van der Waals surface area contributed by atoms with Crippen LogP contribution in [0.2, 0.25) is 0 Å². The molecule has 1 rings (SSSR count). The Bertz CT molecular complexity index is 234. The molecule has 0 radical (unpaired) electrons. The molecule has 0 atom stereocenters. The van der Waals surface area contributed by atoms with E-state index in [1.807, 2.05) is 0 Å². The van der Waals surface area contributed by atoms with Crippen LogP contribution in [0.1, 0.15) is 39.5 Å². The molecule has 4 heteroatoms. The number of amides is 1. The lowest BCUT2D eigenvalue weighted by molar-refractivity contribution is -0.137. The minimum atomic E-state index is 0.250. The fourth-order valence-corrected chi connectivity index (χ4v) is 2.90. The fourth-order valence-electron chi connectivity index (χ4n) is 2.66. The molecule has 0 saturated carbocycles. The van der Waals surface area contributed by atoms with E-state index in [-0.39, 0.29) is 5.92 Å². The highest BCUT2D eigenvalue weighted by Gasteiger charge is 2.26. The van der Waals surface area contributed by atoms with Gasteiger partial charge >= 0.3 is 0 Å². The molecule has 1 amide bonds. The summed E-state index contributed by atoms with van der Waals surface area (Å²) in [4.78, 5) is 16.8. The zero-order valence-electron chi connectivity index (χ0n) is 11.8. The first kappa shape index (κ1) is 15.8. The Morgan fingerprint density at radius 1 is 1.11 bits per heavy atom. The van der Waals surface area contributed by atoms with Crippen LogP contribution in [0.4, 0.5) is 0 Å². The van der Waals surface area contributed by atoms with Gasteiger partial charge in [-0.05, 0) is 12.8 Å². The predicted molar refractivity (Wildman–Crippen MR) is 77.0 cm³/mol. The Morgan fingerprint density at radius 2 is 1.67 bits per heavy atom. The third-order valence-corrected chi connectivity index (χ3v) is 3.88. The van der Waals surface area contributed by atoms with Crippen molar-refractivity contribution in [3.63, 3.8) is 0 Å². The lowest BCUT2D eigenvalue weighted by Gasteiger charge is -2.36. The molecule has 0 unspecified atom stereocenters. The average Bonchev–Trinajstić information content (AvgIpc) is 2.39. The molecule has 0 spiro atoms. The SMILES string of the molecule is CCCC(CCC)C(=O)N1CCN(CCCl)CC1. The van der Waals surface area contributed by atoms with Gasteiger partial charge in [0, 0.05) is 44.5 Å². The van der Waals surface area contributed by atoms with E-state index >= 15 is 0 Å². The Balaban J connectivity index is 2.41. The Kier molecular flexibility index (Phi) is 7.68. The molecule has 18 heavy (non-hydrogen) atoms. The summed E-state index contributed by atoms with van der Waals surface area (Å²) < 4.78 is 0. The van der Waals surface area contributed by atoms with E-state index in [0.717, 1.165) is 58.4 Å². The molecule has 0 aromatic carbocycles. The Labute approximate surface area is 116 Å². The molecule has 0 aliphatic carbocycles. The van der Waals surface area contributed by atoms with Gasteiger partial charge in [0.05, 0.1) is 0 Å². The number of hydrogen-bond acceptors (Lipinski definition) is 2. The highest BCUT2D eigenvalue weighted by molar-refractivity contribution is 6.18. The summed E-state index contributed by atoms with van der Waals surface area (Å²) in [6.45, 7) is 8.96. The molecule has 3 nitrogen and oxygen atoms in total. The van der Waals surface area contributed by atoms with Gasteiger partial charge in [0.15, 0.2) is 0 Å². The second kappa shape index (κ2) is 8.76. The summed E-state index contributed by atoms with van der Waals surface area (Å²) in [6, 6.07) is 0. The molecule has 1 heterocycles. The van der Waals surface area contributed by atoms with Crippen LogP contribution in [-0.4, -0.2) is 54.3 Å². The van der Waals surface area contributed by atoms with Gasteiger partial charge in [-0.2, -0.15) is 0 Å². The minimum Gasteiger partial charge on any atom is -0.340 e. The van der Waals surface area contributed by atoms with Crippen LogP contribution in [0.3, 0.4) is 0 Å². The van der Waals surface area contributed by atoms with Gasteiger partial charge in [-0.3, -0.25) is 9.69 Å². The maximum atomic E-state index is 12.4. The molecular weight excluding hydrogens is 248 g/mol. The van der Waals surface area contributed by atoms with Gasteiger partial charge in [-0.25, -0.2) is 0 Å². The van der Waals surface area contributed by atoms with Crippen LogP contribution >= 0.6 is 11.6 Å². The van der Waals surface area contributed by atoms with E-state index in [1.165, 1.54) is 0 Å². The highest BCUT2D eigenvalue weighted by Crippen LogP contribution is 2.18. The van der Waals surface area contributed by atoms with E-state index in [9.17, 15) is 4.79 Å². The topological polar surface area (TPSA) is 23.6 Å². The zero-order valence-corrected chi connectivity index (χ0v) is 12.6. The van der Waals surface area contributed by atoms with Crippen LogP contribution < -0.4 is 0 Å². The van der Waals surface area contributed by atoms with Crippen molar-refractivity contribution < 1.29 is 4.79 Å². The molecule has 0 aromatic rings. The van der Waals surface area contributed by atoms with E-state index in [1.54, 1.807) is 0 Å². The minimum absolute atomic E-state index is 0.250. The third kappa shape index (κ3) is 4.77. The lowest BCUT2D eigenvalue weighted by Crippen LogP contribution is -2.50. The number of piperazine rings is 1. The fraction of sp³-hybridized carbons (Fsp3) is 0.929. The van der Waals surface area contributed by atoms with Gasteiger partial charge in [0.25, 0.3) is 0 Å². The number of hydrogen-bond donors (Lipinski definition) is 0. The molecule has 1 fully saturated rings. The number of halogens is 1.